The number of aromatic nitrogens is 1. The lowest BCUT2D eigenvalue weighted by atomic mass is 9.81. The van der Waals surface area contributed by atoms with Crippen LogP contribution >= 0.6 is 0 Å². The number of hydrogen-bond donors (Lipinski definition) is 1. The third-order valence-electron chi connectivity index (χ3n) is 4.04. The van der Waals surface area contributed by atoms with Crippen molar-refractivity contribution in [3.8, 4) is 6.07 Å². The largest absolute Gasteiger partial charge is 0.382 e. The van der Waals surface area contributed by atoms with Gasteiger partial charge in [0.15, 0.2) is 5.69 Å². The predicted octanol–water partition coefficient (Wildman–Crippen LogP) is 3.58. The fraction of sp³-hybridized carbons (Fsp3) is 0.600. The molecule has 1 saturated carbocycles. The number of nitrogens with zero attached hydrogens (tertiary/aromatic N) is 2. The molecule has 1 aromatic rings. The highest BCUT2D eigenvalue weighted by molar-refractivity contribution is 5.53. The monoisotopic (exact) mass is 243 g/mol. The van der Waals surface area contributed by atoms with Gasteiger partial charge in [-0.15, -0.1) is 0 Å². The summed E-state index contributed by atoms with van der Waals surface area (Å²) < 4.78 is 0. The second kappa shape index (κ2) is 6.39. The van der Waals surface area contributed by atoms with E-state index < -0.39 is 0 Å². The van der Waals surface area contributed by atoms with E-state index in [1.165, 1.54) is 32.1 Å². The molecule has 1 fully saturated rings. The first-order chi connectivity index (χ1) is 8.83. The summed E-state index contributed by atoms with van der Waals surface area (Å²) in [5.74, 6) is 1.69. The lowest BCUT2D eigenvalue weighted by Crippen LogP contribution is -2.21. The Bertz CT molecular complexity index is 414. The predicted molar refractivity (Wildman–Crippen MR) is 73.2 cm³/mol. The summed E-state index contributed by atoms with van der Waals surface area (Å²) in [5, 5.41) is 12.4. The topological polar surface area (TPSA) is 48.7 Å². The van der Waals surface area contributed by atoms with Crippen molar-refractivity contribution in [2.24, 2.45) is 11.8 Å². The Labute approximate surface area is 109 Å². The van der Waals surface area contributed by atoms with Gasteiger partial charge in [-0.3, -0.25) is 0 Å². The fourth-order valence-corrected chi connectivity index (χ4v) is 2.74. The quantitative estimate of drug-likeness (QED) is 0.879. The lowest BCUT2D eigenvalue weighted by Gasteiger charge is -2.28. The molecule has 0 saturated heterocycles. The first-order valence-corrected chi connectivity index (χ1v) is 6.92. The zero-order chi connectivity index (χ0) is 12.8. The summed E-state index contributed by atoms with van der Waals surface area (Å²) in [6.45, 7) is 3.26. The van der Waals surface area contributed by atoms with Gasteiger partial charge in [0.1, 0.15) is 6.07 Å². The Morgan fingerprint density at radius 3 is 2.72 bits per heavy atom. The molecule has 1 aromatic heterocycles. The smallest absolute Gasteiger partial charge is 0.163 e. The number of hydrogen-bond acceptors (Lipinski definition) is 3. The summed E-state index contributed by atoms with van der Waals surface area (Å²) >= 11 is 0. The minimum absolute atomic E-state index is 0.500. The van der Waals surface area contributed by atoms with Crippen LogP contribution in [0.3, 0.4) is 0 Å². The van der Waals surface area contributed by atoms with Crippen LogP contribution in [0.15, 0.2) is 18.3 Å². The van der Waals surface area contributed by atoms with Gasteiger partial charge in [-0.25, -0.2) is 4.98 Å². The van der Waals surface area contributed by atoms with Crippen molar-refractivity contribution in [3.63, 3.8) is 0 Å². The molecule has 2 rings (SSSR count). The molecular formula is C15H21N3. The number of pyridine rings is 1. The van der Waals surface area contributed by atoms with Crippen LogP contribution in [-0.4, -0.2) is 11.5 Å². The van der Waals surface area contributed by atoms with Crippen LogP contribution in [0, 0.1) is 23.2 Å². The summed E-state index contributed by atoms with van der Waals surface area (Å²) in [6.07, 6.45) is 8.33. The SMILES string of the molecule is CCC1CCC(CNc2cccnc2C#N)CC1. The number of nitriles is 1. The maximum absolute atomic E-state index is 8.97. The van der Waals surface area contributed by atoms with E-state index in [4.69, 9.17) is 5.26 Å². The Hall–Kier alpha value is -1.56. The summed E-state index contributed by atoms with van der Waals surface area (Å²) in [6, 6.07) is 5.93. The van der Waals surface area contributed by atoms with E-state index in [0.29, 0.717) is 5.69 Å². The minimum Gasteiger partial charge on any atom is -0.382 e. The average Bonchev–Trinajstić information content (AvgIpc) is 2.46. The van der Waals surface area contributed by atoms with Crippen molar-refractivity contribution in [2.45, 2.75) is 39.0 Å². The van der Waals surface area contributed by atoms with Gasteiger partial charge in [0, 0.05) is 12.7 Å². The summed E-state index contributed by atoms with van der Waals surface area (Å²) in [4.78, 5) is 4.06. The van der Waals surface area contributed by atoms with Crippen LogP contribution in [0.4, 0.5) is 5.69 Å². The van der Waals surface area contributed by atoms with E-state index in [-0.39, 0.29) is 0 Å². The first kappa shape index (κ1) is 12.9. The molecule has 1 aliphatic rings. The van der Waals surface area contributed by atoms with E-state index >= 15 is 0 Å². The molecule has 96 valence electrons. The molecule has 1 aliphatic carbocycles. The molecule has 0 aliphatic heterocycles. The zero-order valence-corrected chi connectivity index (χ0v) is 11.0. The van der Waals surface area contributed by atoms with Crippen LogP contribution in [0.2, 0.25) is 0 Å². The second-order valence-electron chi connectivity index (χ2n) is 5.19. The fourth-order valence-electron chi connectivity index (χ4n) is 2.74. The Morgan fingerprint density at radius 2 is 2.06 bits per heavy atom. The van der Waals surface area contributed by atoms with E-state index in [1.54, 1.807) is 6.20 Å². The maximum atomic E-state index is 8.97. The maximum Gasteiger partial charge on any atom is 0.163 e. The minimum atomic E-state index is 0.500. The normalized spacial score (nSPS) is 23.3. The number of nitrogens with one attached hydrogen (secondary N) is 1. The van der Waals surface area contributed by atoms with E-state index in [0.717, 1.165) is 24.1 Å². The van der Waals surface area contributed by atoms with E-state index in [2.05, 4.69) is 23.3 Å². The highest BCUT2D eigenvalue weighted by Crippen LogP contribution is 2.30. The molecule has 1 heterocycles. The third-order valence-corrected chi connectivity index (χ3v) is 4.04. The van der Waals surface area contributed by atoms with Crippen LogP contribution in [0.5, 0.6) is 0 Å². The van der Waals surface area contributed by atoms with Crippen molar-refractivity contribution >= 4 is 5.69 Å². The Balaban J connectivity index is 1.84. The molecule has 0 bridgehead atoms. The standard InChI is InChI=1S/C15H21N3/c1-2-12-5-7-13(8-6-12)11-18-14-4-3-9-17-15(14)10-16/h3-4,9,12-13,18H,2,5-8,11H2,1H3. The van der Waals surface area contributed by atoms with E-state index in [1.807, 2.05) is 12.1 Å². The van der Waals surface area contributed by atoms with Gasteiger partial charge in [-0.05, 0) is 36.8 Å². The van der Waals surface area contributed by atoms with Crippen LogP contribution < -0.4 is 5.32 Å². The Morgan fingerprint density at radius 1 is 1.33 bits per heavy atom. The molecule has 3 heteroatoms. The van der Waals surface area contributed by atoms with Crippen LogP contribution in [0.1, 0.15) is 44.7 Å². The van der Waals surface area contributed by atoms with Crippen molar-refractivity contribution < 1.29 is 0 Å². The molecular weight excluding hydrogens is 222 g/mol. The molecule has 0 atom stereocenters. The van der Waals surface area contributed by atoms with Gasteiger partial charge < -0.3 is 5.32 Å². The molecule has 0 unspecified atom stereocenters. The molecule has 0 radical (unpaired) electrons. The highest BCUT2D eigenvalue weighted by atomic mass is 14.9. The van der Waals surface area contributed by atoms with Crippen molar-refractivity contribution in [1.29, 1.82) is 5.26 Å². The van der Waals surface area contributed by atoms with Gasteiger partial charge in [0.25, 0.3) is 0 Å². The van der Waals surface area contributed by atoms with Crippen LogP contribution in [0.25, 0.3) is 0 Å². The number of rotatable bonds is 4. The van der Waals surface area contributed by atoms with Gasteiger partial charge in [0.2, 0.25) is 0 Å². The average molecular weight is 243 g/mol. The van der Waals surface area contributed by atoms with Gasteiger partial charge >= 0.3 is 0 Å². The summed E-state index contributed by atoms with van der Waals surface area (Å²) in [7, 11) is 0. The molecule has 0 spiro atoms. The lowest BCUT2D eigenvalue weighted by molar-refractivity contribution is 0.278. The van der Waals surface area contributed by atoms with Gasteiger partial charge in [-0.2, -0.15) is 5.26 Å². The molecule has 0 aromatic carbocycles. The first-order valence-electron chi connectivity index (χ1n) is 6.92. The highest BCUT2D eigenvalue weighted by Gasteiger charge is 2.19. The van der Waals surface area contributed by atoms with Crippen molar-refractivity contribution in [2.75, 3.05) is 11.9 Å². The molecule has 18 heavy (non-hydrogen) atoms. The summed E-state index contributed by atoms with van der Waals surface area (Å²) in [5.41, 5.74) is 1.37. The zero-order valence-electron chi connectivity index (χ0n) is 11.0. The van der Waals surface area contributed by atoms with Crippen LogP contribution in [-0.2, 0) is 0 Å². The van der Waals surface area contributed by atoms with Crippen molar-refractivity contribution in [1.82, 2.24) is 4.98 Å². The van der Waals surface area contributed by atoms with Gasteiger partial charge in [0.05, 0.1) is 5.69 Å². The van der Waals surface area contributed by atoms with Crippen molar-refractivity contribution in [3.05, 3.63) is 24.0 Å². The van der Waals surface area contributed by atoms with Gasteiger partial charge in [-0.1, -0.05) is 26.2 Å². The van der Waals surface area contributed by atoms with E-state index in [9.17, 15) is 0 Å². The second-order valence-corrected chi connectivity index (χ2v) is 5.19. The molecule has 3 nitrogen and oxygen atoms in total. The number of anilines is 1. The molecule has 1 N–H and O–H groups in total. The molecule has 0 amide bonds. The Kier molecular flexibility index (Phi) is 4.58. The third kappa shape index (κ3) is 3.22.